The lowest BCUT2D eigenvalue weighted by Crippen LogP contribution is -2.43. The highest BCUT2D eigenvalue weighted by molar-refractivity contribution is 8.00. The Morgan fingerprint density at radius 1 is 1.05 bits per heavy atom. The van der Waals surface area contributed by atoms with Crippen molar-refractivity contribution in [3.05, 3.63) is 0 Å². The van der Waals surface area contributed by atoms with Gasteiger partial charge in [0.15, 0.2) is 5.41 Å². The molecular formula is C14H24O6S. The lowest BCUT2D eigenvalue weighted by Gasteiger charge is -2.27. The molecule has 0 aliphatic rings. The van der Waals surface area contributed by atoms with Crippen LogP contribution in [-0.2, 0) is 23.8 Å². The third kappa shape index (κ3) is 6.84. The van der Waals surface area contributed by atoms with Crippen LogP contribution in [0.5, 0.6) is 0 Å². The van der Waals surface area contributed by atoms with E-state index in [-0.39, 0.29) is 17.1 Å². The van der Waals surface area contributed by atoms with Gasteiger partial charge in [0.25, 0.3) is 0 Å². The number of hydrogen-bond donors (Lipinski definition) is 0. The zero-order chi connectivity index (χ0) is 16.7. The Bertz CT molecular complexity index is 387. The van der Waals surface area contributed by atoms with E-state index in [0.29, 0.717) is 6.42 Å². The van der Waals surface area contributed by atoms with E-state index in [1.807, 2.05) is 27.7 Å². The van der Waals surface area contributed by atoms with Gasteiger partial charge in [0.05, 0.1) is 13.7 Å². The molecule has 1 atom stereocenters. The van der Waals surface area contributed by atoms with Crippen LogP contribution in [0.1, 0.15) is 41.0 Å². The first-order valence-electron chi connectivity index (χ1n) is 6.68. The Morgan fingerprint density at radius 2 is 1.62 bits per heavy atom. The fraction of sp³-hybridized carbons (Fsp3) is 0.786. The van der Waals surface area contributed by atoms with Crippen LogP contribution in [0, 0.1) is 5.41 Å². The van der Waals surface area contributed by atoms with Crippen molar-refractivity contribution >= 4 is 29.9 Å². The summed E-state index contributed by atoms with van der Waals surface area (Å²) in [5, 5.41) is 0. The fourth-order valence-corrected chi connectivity index (χ4v) is 2.15. The van der Waals surface area contributed by atoms with Crippen LogP contribution in [-0.4, -0.2) is 42.3 Å². The second-order valence-corrected chi connectivity index (χ2v) is 7.51. The Morgan fingerprint density at radius 3 is 2.05 bits per heavy atom. The molecule has 7 heteroatoms. The topological polar surface area (TPSA) is 78.9 Å². The van der Waals surface area contributed by atoms with E-state index in [2.05, 4.69) is 14.2 Å². The monoisotopic (exact) mass is 320 g/mol. The van der Waals surface area contributed by atoms with Gasteiger partial charge < -0.3 is 14.2 Å². The minimum absolute atomic E-state index is 0.142. The lowest BCUT2D eigenvalue weighted by atomic mass is 9.94. The summed E-state index contributed by atoms with van der Waals surface area (Å²) >= 11 is 1.40. The number of carbonyl (C=O) groups excluding carboxylic acids is 3. The summed E-state index contributed by atoms with van der Waals surface area (Å²) in [6.07, 6.45) is -0.491. The van der Waals surface area contributed by atoms with Crippen LogP contribution in [0.25, 0.3) is 0 Å². The maximum absolute atomic E-state index is 12.1. The molecule has 0 unspecified atom stereocenters. The molecule has 0 saturated carbocycles. The predicted molar refractivity (Wildman–Crippen MR) is 80.1 cm³/mol. The van der Waals surface area contributed by atoms with Crippen molar-refractivity contribution in [2.45, 2.75) is 45.8 Å². The van der Waals surface area contributed by atoms with Gasteiger partial charge in [0.1, 0.15) is 0 Å². The molecule has 6 nitrogen and oxygen atoms in total. The Labute approximate surface area is 129 Å². The molecule has 0 N–H and O–H groups in total. The summed E-state index contributed by atoms with van der Waals surface area (Å²) in [5.41, 5.74) is -1.56. The summed E-state index contributed by atoms with van der Waals surface area (Å²) < 4.78 is 13.8. The number of carbonyl (C=O) groups is 3. The maximum atomic E-state index is 12.1. The molecule has 0 amide bonds. The average molecular weight is 320 g/mol. The van der Waals surface area contributed by atoms with Gasteiger partial charge in [-0.05, 0) is 13.3 Å². The van der Waals surface area contributed by atoms with Gasteiger partial charge in [0.2, 0.25) is 0 Å². The molecule has 0 spiro atoms. The van der Waals surface area contributed by atoms with Crippen molar-refractivity contribution in [2.24, 2.45) is 5.41 Å². The number of rotatable bonds is 6. The first kappa shape index (κ1) is 19.8. The largest absolute Gasteiger partial charge is 0.516 e. The van der Waals surface area contributed by atoms with E-state index >= 15 is 0 Å². The third-order valence-corrected chi connectivity index (χ3v) is 4.07. The summed E-state index contributed by atoms with van der Waals surface area (Å²) in [5.74, 6) is -1.57. The molecule has 0 rings (SSSR count). The van der Waals surface area contributed by atoms with E-state index in [1.54, 1.807) is 0 Å². The number of ether oxygens (including phenoxy) is 3. The van der Waals surface area contributed by atoms with Crippen LogP contribution < -0.4 is 0 Å². The minimum Gasteiger partial charge on any atom is -0.468 e. The van der Waals surface area contributed by atoms with Crippen LogP contribution in [0.4, 0.5) is 4.79 Å². The molecule has 0 aliphatic carbocycles. The van der Waals surface area contributed by atoms with Gasteiger partial charge >= 0.3 is 18.1 Å². The Kier molecular flexibility index (Phi) is 7.78. The smallest absolute Gasteiger partial charge is 0.468 e. The van der Waals surface area contributed by atoms with Crippen molar-refractivity contribution in [1.82, 2.24) is 0 Å². The summed E-state index contributed by atoms with van der Waals surface area (Å²) in [6, 6.07) is 0. The highest BCUT2D eigenvalue weighted by Gasteiger charge is 2.46. The molecule has 0 radical (unpaired) electrons. The molecule has 0 saturated heterocycles. The lowest BCUT2D eigenvalue weighted by molar-refractivity contribution is -0.164. The number of methoxy groups -OCH3 is 1. The maximum Gasteiger partial charge on any atom is 0.516 e. The molecule has 122 valence electrons. The SMILES string of the molecule is CCCOC(=O)OC(=O)[C@](C)(CSC(C)(C)C)C(=O)OC. The van der Waals surface area contributed by atoms with Gasteiger partial charge in [-0.3, -0.25) is 9.59 Å². The van der Waals surface area contributed by atoms with Gasteiger partial charge in [0, 0.05) is 10.5 Å². The molecule has 0 heterocycles. The molecule has 0 aromatic rings. The summed E-state index contributed by atoms with van der Waals surface area (Å²) in [6.45, 7) is 9.22. The zero-order valence-corrected chi connectivity index (χ0v) is 14.3. The standard InChI is InChI=1S/C14H24O6S/c1-7-8-19-12(17)20-11(16)14(5,10(15)18-6)9-21-13(2,3)4/h7-9H2,1-6H3/t14-/m1/s1. The van der Waals surface area contributed by atoms with E-state index in [9.17, 15) is 14.4 Å². The molecule has 21 heavy (non-hydrogen) atoms. The second kappa shape index (κ2) is 8.26. The van der Waals surface area contributed by atoms with E-state index < -0.39 is 23.5 Å². The molecule has 0 aromatic carbocycles. The van der Waals surface area contributed by atoms with Crippen LogP contribution >= 0.6 is 11.8 Å². The van der Waals surface area contributed by atoms with Gasteiger partial charge in [-0.25, -0.2) is 4.79 Å². The molecule has 0 aromatic heterocycles. The second-order valence-electron chi connectivity index (χ2n) is 5.71. The first-order valence-corrected chi connectivity index (χ1v) is 7.66. The zero-order valence-electron chi connectivity index (χ0n) is 13.5. The molecule has 0 fully saturated rings. The Hall–Kier alpha value is -1.24. The highest BCUT2D eigenvalue weighted by atomic mass is 32.2. The first-order chi connectivity index (χ1) is 9.56. The molecule has 0 aliphatic heterocycles. The minimum atomic E-state index is -1.56. The number of thioether (sulfide) groups is 1. The van der Waals surface area contributed by atoms with E-state index in [1.165, 1.54) is 25.8 Å². The molecule has 0 bridgehead atoms. The van der Waals surface area contributed by atoms with Crippen LogP contribution in [0.2, 0.25) is 0 Å². The fourth-order valence-electron chi connectivity index (χ4n) is 1.19. The third-order valence-electron chi connectivity index (χ3n) is 2.48. The van der Waals surface area contributed by atoms with Crippen molar-refractivity contribution in [2.75, 3.05) is 19.5 Å². The number of esters is 2. The van der Waals surface area contributed by atoms with Gasteiger partial charge in [-0.15, -0.1) is 0 Å². The predicted octanol–water partition coefficient (Wildman–Crippen LogP) is 2.79. The van der Waals surface area contributed by atoms with Gasteiger partial charge in [-0.1, -0.05) is 27.7 Å². The van der Waals surface area contributed by atoms with E-state index in [4.69, 9.17) is 0 Å². The van der Waals surface area contributed by atoms with Crippen molar-refractivity contribution < 1.29 is 28.6 Å². The highest BCUT2D eigenvalue weighted by Crippen LogP contribution is 2.33. The number of hydrogen-bond acceptors (Lipinski definition) is 7. The van der Waals surface area contributed by atoms with Crippen molar-refractivity contribution in [3.8, 4) is 0 Å². The van der Waals surface area contributed by atoms with E-state index in [0.717, 1.165) is 0 Å². The average Bonchev–Trinajstić information content (AvgIpc) is 2.40. The summed E-state index contributed by atoms with van der Waals surface area (Å²) in [7, 11) is 1.19. The Balaban J connectivity index is 4.92. The molecular weight excluding hydrogens is 296 g/mol. The quantitative estimate of drug-likeness (QED) is 0.550. The summed E-state index contributed by atoms with van der Waals surface area (Å²) in [4.78, 5) is 35.4. The van der Waals surface area contributed by atoms with Crippen LogP contribution in [0.3, 0.4) is 0 Å². The van der Waals surface area contributed by atoms with Crippen LogP contribution in [0.15, 0.2) is 0 Å². The van der Waals surface area contributed by atoms with Crippen molar-refractivity contribution in [3.63, 3.8) is 0 Å². The normalized spacial score (nSPS) is 14.0. The van der Waals surface area contributed by atoms with Gasteiger partial charge in [-0.2, -0.15) is 11.8 Å². The van der Waals surface area contributed by atoms with Crippen molar-refractivity contribution in [1.29, 1.82) is 0 Å².